The van der Waals surface area contributed by atoms with Crippen LogP contribution in [0.15, 0.2) is 39.7 Å². The number of aliphatic carboxylic acids is 1. The zero-order chi connectivity index (χ0) is 17.7. The monoisotopic (exact) mass is 333 g/mol. The first-order valence-corrected chi connectivity index (χ1v) is 7.56. The van der Waals surface area contributed by atoms with Crippen molar-refractivity contribution in [1.82, 2.24) is 15.1 Å². The van der Waals surface area contributed by atoms with E-state index in [4.69, 9.17) is 4.42 Å². The number of furan rings is 1. The average Bonchev–Trinajstić information content (AvgIpc) is 3.08. The van der Waals surface area contributed by atoms with Crippen LogP contribution >= 0.6 is 0 Å². The summed E-state index contributed by atoms with van der Waals surface area (Å²) in [4.78, 5) is 35.2. The van der Waals surface area contributed by atoms with Crippen molar-refractivity contribution >= 4 is 11.9 Å². The molecule has 24 heavy (non-hydrogen) atoms. The topological polar surface area (TPSA) is 114 Å². The van der Waals surface area contributed by atoms with Gasteiger partial charge in [-0.3, -0.25) is 9.59 Å². The first kappa shape index (κ1) is 17.5. The van der Waals surface area contributed by atoms with E-state index in [1.54, 1.807) is 19.1 Å². The quantitative estimate of drug-likeness (QED) is 0.784. The molecule has 1 amide bonds. The van der Waals surface area contributed by atoms with Crippen LogP contribution in [0.1, 0.15) is 20.3 Å². The van der Waals surface area contributed by atoms with Gasteiger partial charge >= 0.3 is 5.97 Å². The molecule has 0 fully saturated rings. The van der Waals surface area contributed by atoms with Crippen molar-refractivity contribution in [2.75, 3.05) is 0 Å². The minimum absolute atomic E-state index is 0.231. The maximum Gasteiger partial charge on any atom is 0.326 e. The summed E-state index contributed by atoms with van der Waals surface area (Å²) in [6.07, 6.45) is 2.08. The van der Waals surface area contributed by atoms with Crippen molar-refractivity contribution < 1.29 is 19.1 Å². The highest BCUT2D eigenvalue weighted by Gasteiger charge is 2.25. The van der Waals surface area contributed by atoms with Gasteiger partial charge < -0.3 is 14.8 Å². The molecule has 0 spiro atoms. The molecule has 0 saturated carbocycles. The van der Waals surface area contributed by atoms with E-state index in [-0.39, 0.29) is 12.5 Å². The Labute approximate surface area is 138 Å². The zero-order valence-corrected chi connectivity index (χ0v) is 13.4. The minimum Gasteiger partial charge on any atom is -0.480 e. The number of carbonyl (C=O) groups is 2. The fraction of sp³-hybridized carbons (Fsp3) is 0.375. The highest BCUT2D eigenvalue weighted by molar-refractivity contribution is 5.83. The van der Waals surface area contributed by atoms with E-state index >= 15 is 0 Å². The lowest BCUT2D eigenvalue weighted by Gasteiger charge is -2.20. The fourth-order valence-corrected chi connectivity index (χ4v) is 2.16. The molecule has 2 unspecified atom stereocenters. The van der Waals surface area contributed by atoms with Gasteiger partial charge in [0.25, 0.3) is 5.56 Å². The predicted molar refractivity (Wildman–Crippen MR) is 85.2 cm³/mol. The highest BCUT2D eigenvalue weighted by Crippen LogP contribution is 2.15. The summed E-state index contributed by atoms with van der Waals surface area (Å²) < 4.78 is 6.18. The van der Waals surface area contributed by atoms with Gasteiger partial charge in [-0.2, -0.15) is 5.10 Å². The van der Waals surface area contributed by atoms with E-state index in [2.05, 4.69) is 10.4 Å². The molecule has 2 atom stereocenters. The van der Waals surface area contributed by atoms with Gasteiger partial charge in [0.1, 0.15) is 18.3 Å². The number of hydrogen-bond acceptors (Lipinski definition) is 5. The van der Waals surface area contributed by atoms with Crippen molar-refractivity contribution in [3.05, 3.63) is 40.9 Å². The standard InChI is InChI=1S/C16H19N3O5/c1-3-10(2)15(16(22)23)17-13(20)9-19-14(21)7-6-11(18-19)12-5-4-8-24-12/h4-8,10,15H,3,9H2,1-2H3,(H,17,20)(H,22,23). The van der Waals surface area contributed by atoms with E-state index in [0.717, 1.165) is 4.68 Å². The lowest BCUT2D eigenvalue weighted by Crippen LogP contribution is -2.47. The first-order chi connectivity index (χ1) is 11.4. The normalized spacial score (nSPS) is 13.2. The van der Waals surface area contributed by atoms with Crippen LogP contribution in [0.25, 0.3) is 11.5 Å². The SMILES string of the molecule is CCC(C)C(NC(=O)Cn1nc(-c2ccco2)ccc1=O)C(=O)O. The Morgan fingerprint density at radius 2 is 2.12 bits per heavy atom. The number of nitrogens with one attached hydrogen (secondary N) is 1. The van der Waals surface area contributed by atoms with Gasteiger partial charge in [-0.15, -0.1) is 0 Å². The van der Waals surface area contributed by atoms with Crippen LogP contribution in [-0.2, 0) is 16.1 Å². The summed E-state index contributed by atoms with van der Waals surface area (Å²) >= 11 is 0. The molecule has 2 heterocycles. The smallest absolute Gasteiger partial charge is 0.326 e. The van der Waals surface area contributed by atoms with Gasteiger partial charge in [0.2, 0.25) is 5.91 Å². The van der Waals surface area contributed by atoms with Gasteiger partial charge in [-0.1, -0.05) is 20.3 Å². The van der Waals surface area contributed by atoms with Crippen LogP contribution in [0.3, 0.4) is 0 Å². The van der Waals surface area contributed by atoms with Gasteiger partial charge in [-0.25, -0.2) is 9.48 Å². The summed E-state index contributed by atoms with van der Waals surface area (Å²) in [6, 6.07) is 5.13. The Kier molecular flexibility index (Phi) is 5.51. The average molecular weight is 333 g/mol. The lowest BCUT2D eigenvalue weighted by atomic mass is 9.99. The third-order valence-corrected chi connectivity index (χ3v) is 3.73. The van der Waals surface area contributed by atoms with Crippen molar-refractivity contribution in [3.63, 3.8) is 0 Å². The van der Waals surface area contributed by atoms with Crippen LogP contribution < -0.4 is 10.9 Å². The molecule has 0 saturated heterocycles. The van der Waals surface area contributed by atoms with E-state index in [9.17, 15) is 19.5 Å². The molecular formula is C16H19N3O5. The number of rotatable bonds is 7. The summed E-state index contributed by atoms with van der Waals surface area (Å²) in [5.41, 5.74) is -0.0556. The van der Waals surface area contributed by atoms with Gasteiger partial charge in [0.05, 0.1) is 6.26 Å². The maximum absolute atomic E-state index is 12.1. The van der Waals surface area contributed by atoms with Crippen LogP contribution in [0.5, 0.6) is 0 Å². The third kappa shape index (κ3) is 4.09. The molecule has 2 rings (SSSR count). The summed E-state index contributed by atoms with van der Waals surface area (Å²) in [7, 11) is 0. The van der Waals surface area contributed by atoms with Gasteiger partial charge in [0.15, 0.2) is 5.76 Å². The molecule has 0 bridgehead atoms. The van der Waals surface area contributed by atoms with Crippen LogP contribution in [0.2, 0.25) is 0 Å². The van der Waals surface area contributed by atoms with Crippen LogP contribution in [0.4, 0.5) is 0 Å². The lowest BCUT2D eigenvalue weighted by molar-refractivity contribution is -0.143. The molecule has 128 valence electrons. The summed E-state index contributed by atoms with van der Waals surface area (Å²) in [5.74, 6) is -1.46. The van der Waals surface area contributed by atoms with E-state index in [1.165, 1.54) is 18.4 Å². The minimum atomic E-state index is -1.11. The molecule has 2 aromatic rings. The Morgan fingerprint density at radius 1 is 1.38 bits per heavy atom. The number of carboxylic acids is 1. The Balaban J connectivity index is 2.15. The first-order valence-electron chi connectivity index (χ1n) is 7.56. The zero-order valence-electron chi connectivity index (χ0n) is 13.4. The molecule has 0 radical (unpaired) electrons. The number of carbonyl (C=O) groups excluding carboxylic acids is 1. The van der Waals surface area contributed by atoms with E-state index in [0.29, 0.717) is 17.9 Å². The van der Waals surface area contributed by atoms with Crippen LogP contribution in [0, 0.1) is 5.92 Å². The highest BCUT2D eigenvalue weighted by atomic mass is 16.4. The maximum atomic E-state index is 12.1. The van der Waals surface area contributed by atoms with Crippen molar-refractivity contribution in [2.45, 2.75) is 32.9 Å². The molecule has 8 heteroatoms. The molecule has 2 aromatic heterocycles. The van der Waals surface area contributed by atoms with Crippen molar-refractivity contribution in [3.8, 4) is 11.5 Å². The molecule has 0 aliphatic carbocycles. The molecule has 0 aromatic carbocycles. The Hall–Kier alpha value is -2.90. The Morgan fingerprint density at radius 3 is 2.71 bits per heavy atom. The van der Waals surface area contributed by atoms with E-state index < -0.39 is 23.5 Å². The summed E-state index contributed by atoms with van der Waals surface area (Å²) in [6.45, 7) is 3.21. The van der Waals surface area contributed by atoms with E-state index in [1.807, 2.05) is 6.92 Å². The number of hydrogen-bond donors (Lipinski definition) is 2. The molecule has 0 aliphatic heterocycles. The predicted octanol–water partition coefficient (Wildman–Crippen LogP) is 1.12. The van der Waals surface area contributed by atoms with Crippen LogP contribution in [-0.4, -0.2) is 32.8 Å². The summed E-state index contributed by atoms with van der Waals surface area (Å²) in [5, 5.41) is 15.7. The number of amides is 1. The number of nitrogens with zero attached hydrogens (tertiary/aromatic N) is 2. The number of carboxylic acid groups (broad SMARTS) is 1. The largest absolute Gasteiger partial charge is 0.480 e. The van der Waals surface area contributed by atoms with Gasteiger partial charge in [-0.05, 0) is 24.1 Å². The second-order valence-corrected chi connectivity index (χ2v) is 5.46. The van der Waals surface area contributed by atoms with Gasteiger partial charge in [0, 0.05) is 6.07 Å². The second-order valence-electron chi connectivity index (χ2n) is 5.46. The Bertz CT molecular complexity index is 766. The van der Waals surface area contributed by atoms with Crippen molar-refractivity contribution in [1.29, 1.82) is 0 Å². The third-order valence-electron chi connectivity index (χ3n) is 3.73. The second kappa shape index (κ2) is 7.58. The molecular weight excluding hydrogens is 314 g/mol. The van der Waals surface area contributed by atoms with Crippen molar-refractivity contribution in [2.24, 2.45) is 5.92 Å². The molecule has 0 aliphatic rings. The molecule has 2 N–H and O–H groups in total. The fourth-order valence-electron chi connectivity index (χ4n) is 2.16. The number of aromatic nitrogens is 2. The molecule has 8 nitrogen and oxygen atoms in total.